The van der Waals surface area contributed by atoms with E-state index in [1.807, 2.05) is 20.8 Å². The van der Waals surface area contributed by atoms with Crippen LogP contribution >= 0.6 is 0 Å². The van der Waals surface area contributed by atoms with Crippen molar-refractivity contribution in [3.8, 4) is 0 Å². The van der Waals surface area contributed by atoms with E-state index in [2.05, 4.69) is 5.32 Å². The Bertz CT molecular complexity index is 1160. The highest BCUT2D eigenvalue weighted by atomic mass is 16.6. The van der Waals surface area contributed by atoms with Gasteiger partial charge in [0.25, 0.3) is 0 Å². The summed E-state index contributed by atoms with van der Waals surface area (Å²) < 4.78 is 23.3. The first-order valence-corrected chi connectivity index (χ1v) is 16.9. The summed E-state index contributed by atoms with van der Waals surface area (Å²) in [6.07, 6.45) is 5.52. The lowest BCUT2D eigenvalue weighted by molar-refractivity contribution is -0.158. The average Bonchev–Trinajstić information content (AvgIpc) is 3.77. The molecule has 0 aromatic carbocycles. The van der Waals surface area contributed by atoms with Crippen LogP contribution in [0.5, 0.6) is 0 Å². The molecule has 3 aliphatic rings. The Morgan fingerprint density at radius 2 is 1.94 bits per heavy atom. The van der Waals surface area contributed by atoms with E-state index in [1.54, 1.807) is 56.1 Å². The van der Waals surface area contributed by atoms with E-state index in [1.165, 1.54) is 6.92 Å². The van der Waals surface area contributed by atoms with Crippen LogP contribution in [0, 0.1) is 11.8 Å². The lowest BCUT2D eigenvalue weighted by Crippen LogP contribution is -2.52. The third-order valence-corrected chi connectivity index (χ3v) is 9.33. The zero-order valence-corrected chi connectivity index (χ0v) is 29.0. The first-order chi connectivity index (χ1) is 22.0. The van der Waals surface area contributed by atoms with Gasteiger partial charge in [0.15, 0.2) is 11.7 Å². The molecule has 266 valence electrons. The van der Waals surface area contributed by atoms with Crippen molar-refractivity contribution in [3.05, 3.63) is 36.0 Å². The standard InChI is InChI=1S/C35H56N2O10/c1-8-27(40)24(4)32-28(45-32)21-34(6,43)14-9-10-22(2)31-23(3)11-12-29(44-25(5)38)35(7,15-13-26(39)20-30(41)46-31)47-33(42)37-18-16-36-17-19-37/h9-12,14,23-24,26-29,31-32,36,39-40,43H,8,13,15-21H2,1-7H3/b12-11+,14-9+,22-10+/t23-,24+,26+,27-,28+,29+,31+,32+,34-,35+/m0/s1. The van der Waals surface area contributed by atoms with Crippen LogP contribution in [-0.2, 0) is 28.5 Å². The van der Waals surface area contributed by atoms with E-state index in [4.69, 9.17) is 18.9 Å². The molecule has 3 aliphatic heterocycles. The number of epoxide rings is 1. The van der Waals surface area contributed by atoms with Gasteiger partial charge < -0.3 is 44.5 Å². The molecule has 2 fully saturated rings. The second kappa shape index (κ2) is 17.1. The molecule has 0 bridgehead atoms. The summed E-state index contributed by atoms with van der Waals surface area (Å²) in [5.41, 5.74) is -1.80. The van der Waals surface area contributed by atoms with Crippen molar-refractivity contribution in [2.75, 3.05) is 26.2 Å². The van der Waals surface area contributed by atoms with Crippen molar-refractivity contribution in [3.63, 3.8) is 0 Å². The van der Waals surface area contributed by atoms with Crippen LogP contribution in [0.4, 0.5) is 4.79 Å². The van der Waals surface area contributed by atoms with Crippen LogP contribution in [-0.4, -0.2) is 112 Å². The summed E-state index contributed by atoms with van der Waals surface area (Å²) in [5.74, 6) is -1.56. The van der Waals surface area contributed by atoms with Crippen LogP contribution in [0.25, 0.3) is 0 Å². The average molecular weight is 665 g/mol. The number of hydrogen-bond acceptors (Lipinski definition) is 11. The van der Waals surface area contributed by atoms with E-state index in [9.17, 15) is 29.7 Å². The fourth-order valence-electron chi connectivity index (χ4n) is 6.19. The van der Waals surface area contributed by atoms with Gasteiger partial charge in [0, 0.05) is 51.4 Å². The minimum Gasteiger partial charge on any atom is -0.457 e. The van der Waals surface area contributed by atoms with Gasteiger partial charge in [-0.25, -0.2) is 4.79 Å². The number of esters is 2. The van der Waals surface area contributed by atoms with Crippen LogP contribution in [0.2, 0.25) is 0 Å². The number of aliphatic hydroxyl groups excluding tert-OH is 2. The van der Waals surface area contributed by atoms with Crippen molar-refractivity contribution in [2.24, 2.45) is 11.8 Å². The van der Waals surface area contributed by atoms with Gasteiger partial charge in [-0.1, -0.05) is 45.1 Å². The van der Waals surface area contributed by atoms with E-state index in [0.717, 1.165) is 0 Å². The highest BCUT2D eigenvalue weighted by Crippen LogP contribution is 2.37. The molecule has 12 nitrogen and oxygen atoms in total. The molecule has 0 spiro atoms. The second-order valence-corrected chi connectivity index (χ2v) is 13.8. The van der Waals surface area contributed by atoms with Gasteiger partial charge in [0.1, 0.15) is 6.10 Å². The molecule has 47 heavy (non-hydrogen) atoms. The third-order valence-electron chi connectivity index (χ3n) is 9.33. The third kappa shape index (κ3) is 11.7. The van der Waals surface area contributed by atoms with Crippen LogP contribution in [0.15, 0.2) is 36.0 Å². The molecule has 0 aromatic rings. The van der Waals surface area contributed by atoms with Crippen molar-refractivity contribution < 1.29 is 48.7 Å². The molecule has 0 radical (unpaired) electrons. The molecule has 3 rings (SSSR count). The van der Waals surface area contributed by atoms with Crippen LogP contribution < -0.4 is 5.32 Å². The van der Waals surface area contributed by atoms with E-state index >= 15 is 0 Å². The number of piperazine rings is 1. The largest absolute Gasteiger partial charge is 0.457 e. The van der Waals surface area contributed by atoms with Crippen LogP contribution in [0.3, 0.4) is 0 Å². The zero-order chi connectivity index (χ0) is 34.9. The maximum Gasteiger partial charge on any atom is 0.410 e. The van der Waals surface area contributed by atoms with E-state index < -0.39 is 59.6 Å². The fraction of sp³-hybridized carbons (Fsp3) is 0.743. The summed E-state index contributed by atoms with van der Waals surface area (Å²) >= 11 is 0. The Morgan fingerprint density at radius 3 is 2.57 bits per heavy atom. The molecule has 1 amide bonds. The summed E-state index contributed by atoms with van der Waals surface area (Å²) in [4.78, 5) is 39.9. The Labute approximate surface area is 279 Å². The number of amides is 1. The number of nitrogens with zero attached hydrogens (tertiary/aromatic N) is 1. The quantitative estimate of drug-likeness (QED) is 0.0891. The van der Waals surface area contributed by atoms with Gasteiger partial charge in [0.2, 0.25) is 0 Å². The molecule has 0 aromatic heterocycles. The number of hydrogen-bond donors (Lipinski definition) is 4. The molecule has 2 saturated heterocycles. The molecule has 3 heterocycles. The molecule has 12 heteroatoms. The molecule has 0 unspecified atom stereocenters. The molecular formula is C35H56N2O10. The highest BCUT2D eigenvalue weighted by molar-refractivity contribution is 5.71. The van der Waals surface area contributed by atoms with Crippen LogP contribution in [0.1, 0.15) is 80.6 Å². The molecule has 0 aliphatic carbocycles. The number of cyclic esters (lactones) is 1. The number of carbonyl (C=O) groups excluding carboxylic acids is 3. The van der Waals surface area contributed by atoms with Gasteiger partial charge in [-0.05, 0) is 51.7 Å². The van der Waals surface area contributed by atoms with E-state index in [-0.39, 0.29) is 37.4 Å². The second-order valence-electron chi connectivity index (χ2n) is 13.8. The van der Waals surface area contributed by atoms with Gasteiger partial charge in [-0.2, -0.15) is 0 Å². The summed E-state index contributed by atoms with van der Waals surface area (Å²) in [7, 11) is 0. The van der Waals surface area contributed by atoms with Gasteiger partial charge in [-0.3, -0.25) is 9.59 Å². The minimum atomic E-state index is -1.32. The minimum absolute atomic E-state index is 0.0201. The van der Waals surface area contributed by atoms with E-state index in [0.29, 0.717) is 44.6 Å². The predicted octanol–water partition coefficient (Wildman–Crippen LogP) is 3.19. The first kappa shape index (κ1) is 38.7. The Kier molecular flexibility index (Phi) is 14.0. The predicted molar refractivity (Wildman–Crippen MR) is 175 cm³/mol. The molecule has 10 atom stereocenters. The normalized spacial score (nSPS) is 34.2. The number of carbonyl (C=O) groups is 3. The topological polar surface area (TPSA) is 167 Å². The van der Waals surface area contributed by atoms with Crippen molar-refractivity contribution in [1.82, 2.24) is 10.2 Å². The van der Waals surface area contributed by atoms with Gasteiger partial charge >= 0.3 is 18.0 Å². The van der Waals surface area contributed by atoms with Crippen molar-refractivity contribution in [1.29, 1.82) is 0 Å². The van der Waals surface area contributed by atoms with Gasteiger partial charge in [-0.15, -0.1) is 0 Å². The van der Waals surface area contributed by atoms with Crippen molar-refractivity contribution >= 4 is 18.0 Å². The number of ether oxygens (including phenoxy) is 4. The summed E-state index contributed by atoms with van der Waals surface area (Å²) in [6, 6.07) is 0. The lowest BCUT2D eigenvalue weighted by atomic mass is 9.88. The molecule has 0 saturated carbocycles. The summed E-state index contributed by atoms with van der Waals surface area (Å²) in [5, 5.41) is 35.1. The number of aliphatic hydroxyl groups is 3. The number of nitrogens with one attached hydrogen (secondary N) is 1. The molecular weight excluding hydrogens is 608 g/mol. The Balaban J connectivity index is 1.80. The monoisotopic (exact) mass is 664 g/mol. The van der Waals surface area contributed by atoms with Gasteiger partial charge in [0.05, 0.1) is 36.4 Å². The lowest BCUT2D eigenvalue weighted by Gasteiger charge is -2.38. The Hall–Kier alpha value is -2.77. The maximum atomic E-state index is 13.2. The highest BCUT2D eigenvalue weighted by Gasteiger charge is 2.47. The fourth-order valence-corrected chi connectivity index (χ4v) is 6.19. The first-order valence-electron chi connectivity index (χ1n) is 16.9. The number of rotatable bonds is 10. The zero-order valence-electron chi connectivity index (χ0n) is 29.0. The number of allylic oxidation sites excluding steroid dienone is 2. The molecule has 4 N–H and O–H groups in total. The summed E-state index contributed by atoms with van der Waals surface area (Å²) in [6.45, 7) is 14.4. The smallest absolute Gasteiger partial charge is 0.410 e. The maximum absolute atomic E-state index is 13.2. The van der Waals surface area contributed by atoms with Crippen molar-refractivity contribution in [2.45, 2.75) is 128 Å². The SMILES string of the molecule is CC[C@H](O)[C@@H](C)[C@H]1O[C@@H]1C[C@@](C)(O)/C=C/C=C(\C)[C@H]1OC(=O)C[C@H](O)CC[C@@](C)(OC(=O)N2CCNCC2)[C@H](OC(C)=O)/C=C/[C@@H]1C. The Morgan fingerprint density at radius 1 is 1.26 bits per heavy atom.